The molecule has 1 fully saturated rings. The van der Waals surface area contributed by atoms with Gasteiger partial charge in [0, 0.05) is 30.1 Å². The molecule has 2 aliphatic rings. The zero-order valence-electron chi connectivity index (χ0n) is 20.2. The molecule has 0 aromatic heterocycles. The lowest BCUT2D eigenvalue weighted by Crippen LogP contribution is -2.36. The third kappa shape index (κ3) is 6.46. The molecule has 2 aromatic rings. The second-order valence-electron chi connectivity index (χ2n) is 8.46. The van der Waals surface area contributed by atoms with Crippen LogP contribution in [0.5, 0.6) is 11.5 Å². The molecule has 0 unspecified atom stereocenters. The monoisotopic (exact) mass is 498 g/mol. The molecule has 2 heterocycles. The highest BCUT2D eigenvalue weighted by Crippen LogP contribution is 2.30. The van der Waals surface area contributed by atoms with Crippen molar-refractivity contribution in [2.45, 2.75) is 25.5 Å². The number of carbonyl (C=O) groups excluding carboxylic acids is 2. The van der Waals surface area contributed by atoms with Crippen LogP contribution in [0.25, 0.3) is 0 Å². The van der Waals surface area contributed by atoms with Crippen LogP contribution in [0.3, 0.4) is 0 Å². The number of thioether (sulfide) groups is 1. The lowest BCUT2D eigenvalue weighted by atomic mass is 10.1. The summed E-state index contributed by atoms with van der Waals surface area (Å²) in [6.45, 7) is 2.12. The predicted octanol–water partition coefficient (Wildman–Crippen LogP) is 4.42. The van der Waals surface area contributed by atoms with Gasteiger partial charge < -0.3 is 19.1 Å². The molecule has 2 amide bonds. The van der Waals surface area contributed by atoms with Crippen LogP contribution < -0.4 is 14.8 Å². The maximum absolute atomic E-state index is 12.6. The summed E-state index contributed by atoms with van der Waals surface area (Å²) in [6.07, 6.45) is 1.13. The predicted molar refractivity (Wildman–Crippen MR) is 137 cm³/mol. The number of likely N-dealkylation sites (tertiary alicyclic amines) is 1. The van der Waals surface area contributed by atoms with Crippen molar-refractivity contribution in [3.8, 4) is 11.5 Å². The van der Waals surface area contributed by atoms with Gasteiger partial charge in [-0.25, -0.2) is 9.80 Å². The van der Waals surface area contributed by atoms with E-state index >= 15 is 0 Å². The smallest absolute Gasteiger partial charge is 0.411 e. The zero-order chi connectivity index (χ0) is 24.8. The molecule has 2 aliphatic heterocycles. The first-order valence-electron chi connectivity index (χ1n) is 11.4. The molecule has 1 N–H and O–H groups in total. The molecular weight excluding hydrogens is 468 g/mol. The minimum absolute atomic E-state index is 0.0679. The fourth-order valence-electron chi connectivity index (χ4n) is 4.00. The number of hydrogen-bond donors (Lipinski definition) is 1. The molecule has 35 heavy (non-hydrogen) atoms. The van der Waals surface area contributed by atoms with E-state index in [0.29, 0.717) is 22.9 Å². The third-order valence-electron chi connectivity index (χ3n) is 5.95. The Morgan fingerprint density at radius 2 is 1.89 bits per heavy atom. The maximum Gasteiger partial charge on any atom is 0.411 e. The van der Waals surface area contributed by atoms with E-state index < -0.39 is 6.09 Å². The van der Waals surface area contributed by atoms with Crippen molar-refractivity contribution >= 4 is 34.5 Å². The lowest BCUT2D eigenvalue weighted by Gasteiger charge is -2.28. The van der Waals surface area contributed by atoms with Gasteiger partial charge in [0.15, 0.2) is 11.5 Å². The number of rotatable bonds is 7. The number of amides is 2. The quantitative estimate of drug-likeness (QED) is 0.604. The molecule has 186 valence electrons. The summed E-state index contributed by atoms with van der Waals surface area (Å²) >= 11 is 1.20. The highest BCUT2D eigenvalue weighted by Gasteiger charge is 2.24. The van der Waals surface area contributed by atoms with E-state index in [-0.39, 0.29) is 17.9 Å². The Labute approximate surface area is 209 Å². The summed E-state index contributed by atoms with van der Waals surface area (Å²) in [6, 6.07) is 12.9. The van der Waals surface area contributed by atoms with E-state index in [9.17, 15) is 9.59 Å². The van der Waals surface area contributed by atoms with Gasteiger partial charge in [-0.15, -0.1) is 0 Å². The Bertz CT molecular complexity index is 1100. The number of hydrazone groups is 1. The number of hydrogen-bond acceptors (Lipinski definition) is 8. The van der Waals surface area contributed by atoms with E-state index in [4.69, 9.17) is 14.2 Å². The summed E-state index contributed by atoms with van der Waals surface area (Å²) in [4.78, 5) is 27.1. The third-order valence-corrected chi connectivity index (χ3v) is 6.82. The molecular formula is C25H30N4O5S. The molecule has 0 aliphatic carbocycles. The highest BCUT2D eigenvalue weighted by atomic mass is 32.2. The second-order valence-corrected chi connectivity index (χ2v) is 9.39. The number of anilines is 1. The Hall–Kier alpha value is -3.24. The molecule has 0 atom stereocenters. The van der Waals surface area contributed by atoms with E-state index in [1.54, 1.807) is 20.3 Å². The molecule has 0 spiro atoms. The molecule has 10 heteroatoms. The van der Waals surface area contributed by atoms with Crippen molar-refractivity contribution in [2.24, 2.45) is 5.10 Å². The number of nitrogens with zero attached hydrogens (tertiary/aromatic N) is 3. The Kier molecular flexibility index (Phi) is 8.14. The van der Waals surface area contributed by atoms with Crippen molar-refractivity contribution in [3.63, 3.8) is 0 Å². The minimum Gasteiger partial charge on any atom is -0.493 e. The van der Waals surface area contributed by atoms with Crippen LogP contribution >= 0.6 is 11.8 Å². The molecule has 0 bridgehead atoms. The normalized spacial score (nSPS) is 17.1. The summed E-state index contributed by atoms with van der Waals surface area (Å²) in [5.74, 6) is 1.70. The first-order valence-corrected chi connectivity index (χ1v) is 12.4. The molecule has 0 radical (unpaired) electrons. The molecule has 1 saturated heterocycles. The van der Waals surface area contributed by atoms with Gasteiger partial charge >= 0.3 is 11.3 Å². The van der Waals surface area contributed by atoms with Gasteiger partial charge in [-0.05, 0) is 55.8 Å². The summed E-state index contributed by atoms with van der Waals surface area (Å²) in [7, 11) is 5.23. The number of benzene rings is 2. The molecule has 4 rings (SSSR count). The van der Waals surface area contributed by atoms with Crippen LogP contribution in [0.4, 0.5) is 15.3 Å². The first-order chi connectivity index (χ1) is 16.9. The lowest BCUT2D eigenvalue weighted by molar-refractivity contribution is 0.0662. The van der Waals surface area contributed by atoms with Crippen LogP contribution in [-0.4, -0.2) is 73.2 Å². The Morgan fingerprint density at radius 3 is 2.63 bits per heavy atom. The van der Waals surface area contributed by atoms with Crippen molar-refractivity contribution in [2.75, 3.05) is 45.4 Å². The standard InChI is InChI=1S/C25H30N4O5S/c1-28-11-9-20(10-12-28)34-24(30)26-19-6-4-5-17(13-19)15-29-25(31)35-16-21(27-29)18-7-8-22(32-2)23(14-18)33-3/h4-8,13-14,20H,9-12,15-16H2,1-3H3,(H,26,30). The average Bonchev–Trinajstić information content (AvgIpc) is 2.86. The van der Waals surface area contributed by atoms with Crippen LogP contribution in [0.1, 0.15) is 24.0 Å². The summed E-state index contributed by atoms with van der Waals surface area (Å²) < 4.78 is 16.3. The van der Waals surface area contributed by atoms with Crippen molar-refractivity contribution in [3.05, 3.63) is 53.6 Å². The van der Waals surface area contributed by atoms with Crippen LogP contribution in [0.2, 0.25) is 0 Å². The van der Waals surface area contributed by atoms with E-state index in [1.807, 2.05) is 36.4 Å². The number of piperidine rings is 1. The number of carbonyl (C=O) groups is 2. The number of nitrogens with one attached hydrogen (secondary N) is 1. The zero-order valence-corrected chi connectivity index (χ0v) is 21.0. The second kappa shape index (κ2) is 11.5. The Balaban J connectivity index is 1.42. The summed E-state index contributed by atoms with van der Waals surface area (Å²) in [5.41, 5.74) is 3.08. The molecule has 2 aromatic carbocycles. The minimum atomic E-state index is -0.463. The number of methoxy groups -OCH3 is 2. The largest absolute Gasteiger partial charge is 0.493 e. The van der Waals surface area contributed by atoms with Crippen molar-refractivity contribution in [1.29, 1.82) is 0 Å². The van der Waals surface area contributed by atoms with Gasteiger partial charge in [0.1, 0.15) is 6.10 Å². The van der Waals surface area contributed by atoms with Gasteiger partial charge in [0.05, 0.1) is 26.5 Å². The fourth-order valence-corrected chi connectivity index (χ4v) is 4.74. The first kappa shape index (κ1) is 24.9. The Morgan fingerprint density at radius 1 is 1.11 bits per heavy atom. The molecule has 9 nitrogen and oxygen atoms in total. The molecule has 0 saturated carbocycles. The summed E-state index contributed by atoms with van der Waals surface area (Å²) in [5, 5.41) is 8.71. The average molecular weight is 499 g/mol. The highest BCUT2D eigenvalue weighted by molar-refractivity contribution is 8.14. The van der Waals surface area contributed by atoms with Crippen molar-refractivity contribution in [1.82, 2.24) is 9.91 Å². The van der Waals surface area contributed by atoms with E-state index in [2.05, 4.69) is 22.4 Å². The maximum atomic E-state index is 12.6. The van der Waals surface area contributed by atoms with Gasteiger partial charge in [0.2, 0.25) is 0 Å². The van der Waals surface area contributed by atoms with Gasteiger partial charge in [0.25, 0.3) is 0 Å². The van der Waals surface area contributed by atoms with Crippen LogP contribution in [0.15, 0.2) is 47.6 Å². The number of ether oxygens (including phenoxy) is 3. The van der Waals surface area contributed by atoms with E-state index in [0.717, 1.165) is 42.8 Å². The SMILES string of the molecule is COc1ccc(C2=NN(Cc3cccc(NC(=O)OC4CCN(C)CC4)c3)C(=O)SC2)cc1OC. The fraction of sp³-hybridized carbons (Fsp3) is 0.400. The van der Waals surface area contributed by atoms with Crippen LogP contribution in [0, 0.1) is 0 Å². The van der Waals surface area contributed by atoms with Gasteiger partial charge in [-0.1, -0.05) is 23.9 Å². The van der Waals surface area contributed by atoms with Gasteiger partial charge in [-0.2, -0.15) is 5.10 Å². The topological polar surface area (TPSA) is 92.7 Å². The van der Waals surface area contributed by atoms with Gasteiger partial charge in [-0.3, -0.25) is 10.1 Å². The van der Waals surface area contributed by atoms with Crippen LogP contribution in [-0.2, 0) is 11.3 Å². The van der Waals surface area contributed by atoms with Crippen molar-refractivity contribution < 1.29 is 23.8 Å². The van der Waals surface area contributed by atoms with E-state index in [1.165, 1.54) is 16.8 Å².